The fraction of sp³-hybridized carbons (Fsp3) is 0.368. The summed E-state index contributed by atoms with van der Waals surface area (Å²) < 4.78 is 30.7. The summed E-state index contributed by atoms with van der Waals surface area (Å²) in [6.07, 6.45) is 0.996. The highest BCUT2D eigenvalue weighted by Gasteiger charge is 2.27. The van der Waals surface area contributed by atoms with Gasteiger partial charge in [-0.1, -0.05) is 37.0 Å². The van der Waals surface area contributed by atoms with E-state index < -0.39 is 15.7 Å². The first-order valence-corrected chi connectivity index (χ1v) is 13.2. The van der Waals surface area contributed by atoms with Crippen molar-refractivity contribution in [3.05, 3.63) is 49.3 Å². The summed E-state index contributed by atoms with van der Waals surface area (Å²) >= 11 is 15.1. The number of imidazole rings is 1. The molecule has 0 saturated heterocycles. The zero-order valence-corrected chi connectivity index (χ0v) is 20.8. The number of thioether (sulfide) groups is 1. The first kappa shape index (κ1) is 23.4. The van der Waals surface area contributed by atoms with Crippen LogP contribution in [0.25, 0.3) is 5.69 Å². The fourth-order valence-electron chi connectivity index (χ4n) is 2.75. The first-order valence-electron chi connectivity index (χ1n) is 9.14. The Labute approximate surface area is 194 Å². The van der Waals surface area contributed by atoms with E-state index in [1.807, 2.05) is 13.8 Å². The van der Waals surface area contributed by atoms with Crippen molar-refractivity contribution in [3.8, 4) is 5.69 Å². The molecule has 0 atom stereocenters. The number of hydrogen-bond acceptors (Lipinski definition) is 6. The predicted molar refractivity (Wildman–Crippen MR) is 126 cm³/mol. The van der Waals surface area contributed by atoms with Gasteiger partial charge in [0.05, 0.1) is 9.23 Å². The van der Waals surface area contributed by atoms with Crippen LogP contribution in [0.15, 0.2) is 32.1 Å². The van der Waals surface area contributed by atoms with Gasteiger partial charge in [0.15, 0.2) is 5.82 Å². The Hall–Kier alpha value is -1.26. The van der Waals surface area contributed by atoms with Gasteiger partial charge in [-0.2, -0.15) is 4.98 Å². The van der Waals surface area contributed by atoms with Gasteiger partial charge in [-0.25, -0.2) is 13.2 Å². The highest BCUT2D eigenvalue weighted by atomic mass is 35.5. The number of aromatic nitrogens is 2. The molecule has 11 heteroatoms. The maximum absolute atomic E-state index is 13.0. The van der Waals surface area contributed by atoms with E-state index in [0.717, 1.165) is 27.0 Å². The number of aryl methyl sites for hydroxylation is 1. The molecular weight excluding hydrogens is 485 g/mol. The Morgan fingerprint density at radius 1 is 1.27 bits per heavy atom. The number of benzene rings is 1. The number of fused-ring (bicyclic) bond motifs is 1. The topological polar surface area (TPSA) is 81.1 Å². The molecule has 1 aromatic carbocycles. The van der Waals surface area contributed by atoms with Crippen LogP contribution >= 0.6 is 46.3 Å². The van der Waals surface area contributed by atoms with Crippen LogP contribution < -0.4 is 10.4 Å². The number of nitrogens with zero attached hydrogens (tertiary/aromatic N) is 2. The van der Waals surface area contributed by atoms with Crippen molar-refractivity contribution in [1.29, 1.82) is 0 Å². The molecule has 1 aromatic rings. The molecule has 0 fully saturated rings. The minimum absolute atomic E-state index is 0.00239. The van der Waals surface area contributed by atoms with Crippen LogP contribution in [-0.4, -0.2) is 23.7 Å². The summed E-state index contributed by atoms with van der Waals surface area (Å²) in [5.74, 6) is 1.38. The third-order valence-corrected chi connectivity index (χ3v) is 9.01. The molecule has 2 aliphatic rings. The second-order valence-electron chi connectivity index (χ2n) is 7.17. The van der Waals surface area contributed by atoms with Crippen LogP contribution in [0.2, 0.25) is 10.0 Å². The lowest BCUT2D eigenvalue weighted by Gasteiger charge is -2.16. The predicted octanol–water partition coefficient (Wildman–Crippen LogP) is 5.59. The minimum atomic E-state index is -4.07. The molecule has 0 saturated carbocycles. The van der Waals surface area contributed by atoms with Gasteiger partial charge in [0.1, 0.15) is 10.6 Å². The molecular formula is C19H21Cl2N3O3S3. The maximum Gasteiger partial charge on any atom is 0.354 e. The third kappa shape index (κ3) is 4.80. The van der Waals surface area contributed by atoms with Gasteiger partial charge < -0.3 is 0 Å². The highest BCUT2D eigenvalue weighted by molar-refractivity contribution is 8.01. The molecule has 3 rings (SSSR count). The van der Waals surface area contributed by atoms with Gasteiger partial charge in [0.25, 0.3) is 10.0 Å². The van der Waals surface area contributed by atoms with Gasteiger partial charge in [-0.15, -0.1) is 23.1 Å². The van der Waals surface area contributed by atoms with Crippen molar-refractivity contribution >= 4 is 62.1 Å². The molecule has 0 spiro atoms. The molecule has 0 amide bonds. The number of hydrogen-bond donors (Lipinski definition) is 1. The minimum Gasteiger partial charge on any atom is -0.261 e. The van der Waals surface area contributed by atoms with E-state index in [0.29, 0.717) is 16.6 Å². The van der Waals surface area contributed by atoms with E-state index in [-0.39, 0.29) is 15.7 Å². The second-order valence-corrected chi connectivity index (χ2v) is 12.3. The van der Waals surface area contributed by atoms with Crippen molar-refractivity contribution < 1.29 is 8.42 Å². The highest BCUT2D eigenvalue weighted by Crippen LogP contribution is 2.39. The standard InChI is InChI=1S/C19H21Cl2N3O3S3/c1-10(2)7-8-28-18-16-17(22-19(25)24(16)11(3)12(4)29-18)23-30(26,27)15-6-5-13(20)9-14(15)21/h5-6,9-10H,7-8H2,1-4H3,(H,22,23,25). The van der Waals surface area contributed by atoms with E-state index in [9.17, 15) is 13.2 Å². The van der Waals surface area contributed by atoms with Gasteiger partial charge in [-0.05, 0) is 50.1 Å². The van der Waals surface area contributed by atoms with Crippen LogP contribution in [0.5, 0.6) is 0 Å². The van der Waals surface area contributed by atoms with Crippen molar-refractivity contribution in [2.45, 2.75) is 43.2 Å². The SMILES string of the molecule is Cc1sc(SCCC(C)C)c2c(NS(=O)(=O)c3ccc(Cl)cc3Cl)nc(=O)n-2c1C. The normalized spacial score (nSPS) is 12.1. The molecule has 0 unspecified atom stereocenters. The van der Waals surface area contributed by atoms with Crippen molar-refractivity contribution in [1.82, 2.24) is 9.55 Å². The van der Waals surface area contributed by atoms with E-state index >= 15 is 0 Å². The lowest BCUT2D eigenvalue weighted by atomic mass is 10.2. The monoisotopic (exact) mass is 505 g/mol. The summed E-state index contributed by atoms with van der Waals surface area (Å²) in [7, 11) is -4.07. The Kier molecular flexibility index (Phi) is 7.08. The summed E-state index contributed by atoms with van der Waals surface area (Å²) in [6.45, 7) is 8.04. The van der Waals surface area contributed by atoms with Crippen LogP contribution in [-0.2, 0) is 10.0 Å². The average molecular weight is 507 g/mol. The van der Waals surface area contributed by atoms with E-state index in [1.165, 1.54) is 34.1 Å². The number of nitrogens with one attached hydrogen (secondary N) is 1. The molecule has 30 heavy (non-hydrogen) atoms. The molecule has 0 aromatic heterocycles. The molecule has 0 aliphatic carbocycles. The molecule has 2 heterocycles. The van der Waals surface area contributed by atoms with Crippen LogP contribution in [0.4, 0.5) is 5.82 Å². The Balaban J connectivity index is 2.09. The van der Waals surface area contributed by atoms with E-state index in [1.54, 1.807) is 11.8 Å². The Morgan fingerprint density at radius 3 is 2.60 bits per heavy atom. The zero-order valence-electron chi connectivity index (χ0n) is 16.8. The molecule has 0 radical (unpaired) electrons. The van der Waals surface area contributed by atoms with E-state index in [4.69, 9.17) is 23.2 Å². The largest absolute Gasteiger partial charge is 0.354 e. The summed E-state index contributed by atoms with van der Waals surface area (Å²) in [6, 6.07) is 4.11. The van der Waals surface area contributed by atoms with Crippen molar-refractivity contribution in [2.24, 2.45) is 5.92 Å². The molecule has 2 aliphatic heterocycles. The molecule has 1 N–H and O–H groups in total. The van der Waals surface area contributed by atoms with Gasteiger partial charge in [0, 0.05) is 15.6 Å². The molecule has 162 valence electrons. The lowest BCUT2D eigenvalue weighted by Crippen LogP contribution is -2.17. The van der Waals surface area contributed by atoms with Crippen LogP contribution in [0.3, 0.4) is 0 Å². The maximum atomic E-state index is 13.0. The Bertz CT molecular complexity index is 1220. The number of halogens is 2. The summed E-state index contributed by atoms with van der Waals surface area (Å²) in [4.78, 5) is 17.4. The van der Waals surface area contributed by atoms with Crippen LogP contribution in [0.1, 0.15) is 30.8 Å². The van der Waals surface area contributed by atoms with Crippen molar-refractivity contribution in [3.63, 3.8) is 0 Å². The quantitative estimate of drug-likeness (QED) is 0.423. The Morgan fingerprint density at radius 2 is 1.97 bits per heavy atom. The van der Waals surface area contributed by atoms with Gasteiger partial charge in [-0.3, -0.25) is 9.29 Å². The van der Waals surface area contributed by atoms with Crippen LogP contribution in [0, 0.1) is 19.8 Å². The average Bonchev–Trinajstić information content (AvgIpc) is 2.94. The second kappa shape index (κ2) is 9.08. The zero-order chi connectivity index (χ0) is 22.2. The third-order valence-electron chi connectivity index (χ3n) is 4.47. The first-order chi connectivity index (χ1) is 14.0. The number of rotatable bonds is 7. The summed E-state index contributed by atoms with van der Waals surface area (Å²) in [5.41, 5.74) is 0.676. The lowest BCUT2D eigenvalue weighted by molar-refractivity contribution is 0.601. The van der Waals surface area contributed by atoms with E-state index in [2.05, 4.69) is 23.6 Å². The number of sulfonamides is 1. The molecule has 6 nitrogen and oxygen atoms in total. The van der Waals surface area contributed by atoms with Gasteiger partial charge in [0.2, 0.25) is 0 Å². The fourth-order valence-corrected chi connectivity index (χ4v) is 7.29. The summed E-state index contributed by atoms with van der Waals surface area (Å²) in [5, 5.41) is 0.312. The smallest absolute Gasteiger partial charge is 0.261 e. The number of anilines is 1. The van der Waals surface area contributed by atoms with Crippen molar-refractivity contribution in [2.75, 3.05) is 10.5 Å². The molecule has 0 bridgehead atoms. The van der Waals surface area contributed by atoms with Gasteiger partial charge >= 0.3 is 5.69 Å².